The fraction of sp³-hybridized carbons (Fsp3) is 0.467. The van der Waals surface area contributed by atoms with Crippen molar-refractivity contribution in [1.82, 2.24) is 14.6 Å². The van der Waals surface area contributed by atoms with Crippen molar-refractivity contribution < 1.29 is 13.2 Å². The summed E-state index contributed by atoms with van der Waals surface area (Å²) in [5, 5.41) is 2.81. The lowest BCUT2D eigenvalue weighted by Gasteiger charge is -2.37. The summed E-state index contributed by atoms with van der Waals surface area (Å²) in [6.45, 7) is 0.504. The Balaban J connectivity index is 1.82. The minimum atomic E-state index is -3.80. The molecule has 3 heterocycles. The SMILES string of the molecule is O=C1NCCC2CCCC1N2S(=O)(=O)c1ccc2[nH]c(=O)sc2c1. The normalized spacial score (nSPS) is 25.4. The second kappa shape index (κ2) is 5.68. The summed E-state index contributed by atoms with van der Waals surface area (Å²) in [5.74, 6) is -0.215. The summed E-state index contributed by atoms with van der Waals surface area (Å²) in [7, 11) is -3.80. The standard InChI is InChI=1S/C15H17N3O4S2/c19-14-12-3-1-2-9(6-7-16-14)18(12)24(21,22)10-4-5-11-13(8-10)23-15(20)17-11/h4-5,8-9,12H,1-3,6-7H2,(H,16,19)(H,17,20). The molecular formula is C15H17N3O4S2. The van der Waals surface area contributed by atoms with Gasteiger partial charge in [-0.25, -0.2) is 8.42 Å². The van der Waals surface area contributed by atoms with E-state index in [-0.39, 0.29) is 21.7 Å². The molecule has 0 radical (unpaired) electrons. The first-order chi connectivity index (χ1) is 11.5. The van der Waals surface area contributed by atoms with Crippen molar-refractivity contribution in [3.05, 3.63) is 27.9 Å². The molecule has 2 atom stereocenters. The average molecular weight is 367 g/mol. The molecule has 2 aromatic rings. The monoisotopic (exact) mass is 367 g/mol. The molecule has 1 aromatic carbocycles. The lowest BCUT2D eigenvalue weighted by molar-refractivity contribution is -0.125. The van der Waals surface area contributed by atoms with Gasteiger partial charge in [-0.3, -0.25) is 9.59 Å². The Morgan fingerprint density at radius 2 is 2.00 bits per heavy atom. The average Bonchev–Trinajstić information content (AvgIpc) is 2.89. The van der Waals surface area contributed by atoms with Crippen LogP contribution >= 0.6 is 11.3 Å². The highest BCUT2D eigenvalue weighted by molar-refractivity contribution is 7.89. The number of carbonyl (C=O) groups excluding carboxylic acids is 1. The number of hydrogen-bond donors (Lipinski definition) is 2. The number of thiazole rings is 1. The van der Waals surface area contributed by atoms with Gasteiger partial charge in [0.2, 0.25) is 15.9 Å². The Labute approximate surface area is 142 Å². The largest absolute Gasteiger partial charge is 0.355 e. The van der Waals surface area contributed by atoms with Crippen LogP contribution in [0.3, 0.4) is 0 Å². The Kier molecular flexibility index (Phi) is 3.74. The molecule has 0 spiro atoms. The van der Waals surface area contributed by atoms with Crippen LogP contribution in [0.1, 0.15) is 25.7 Å². The van der Waals surface area contributed by atoms with E-state index >= 15 is 0 Å². The van der Waals surface area contributed by atoms with E-state index < -0.39 is 16.1 Å². The van der Waals surface area contributed by atoms with Crippen LogP contribution in [-0.4, -0.2) is 42.2 Å². The third-order valence-corrected chi connectivity index (χ3v) is 7.53. The summed E-state index contributed by atoms with van der Waals surface area (Å²) in [5.41, 5.74) is 0.623. The van der Waals surface area contributed by atoms with Gasteiger partial charge >= 0.3 is 4.87 Å². The topological polar surface area (TPSA) is 99.3 Å². The van der Waals surface area contributed by atoms with Crippen LogP contribution in [0.4, 0.5) is 0 Å². The maximum atomic E-state index is 13.2. The molecule has 0 aliphatic carbocycles. The number of piperidine rings is 1. The van der Waals surface area contributed by atoms with E-state index in [4.69, 9.17) is 0 Å². The van der Waals surface area contributed by atoms with Crippen molar-refractivity contribution in [1.29, 1.82) is 0 Å². The van der Waals surface area contributed by atoms with Crippen molar-refractivity contribution in [3.8, 4) is 0 Å². The smallest absolute Gasteiger partial charge is 0.305 e. The molecule has 2 fully saturated rings. The third-order valence-electron chi connectivity index (χ3n) is 4.73. The number of nitrogens with zero attached hydrogens (tertiary/aromatic N) is 1. The molecule has 2 aliphatic heterocycles. The van der Waals surface area contributed by atoms with Gasteiger partial charge in [0.05, 0.1) is 15.1 Å². The van der Waals surface area contributed by atoms with E-state index in [1.165, 1.54) is 16.4 Å². The van der Waals surface area contributed by atoms with Crippen molar-refractivity contribution in [2.75, 3.05) is 6.54 Å². The molecule has 1 amide bonds. The Morgan fingerprint density at radius 3 is 2.83 bits per heavy atom. The molecule has 2 aliphatic rings. The molecule has 24 heavy (non-hydrogen) atoms. The van der Waals surface area contributed by atoms with E-state index in [9.17, 15) is 18.0 Å². The highest BCUT2D eigenvalue weighted by Gasteiger charge is 2.44. The zero-order valence-electron chi connectivity index (χ0n) is 12.8. The molecule has 7 nitrogen and oxygen atoms in total. The number of aromatic amines is 1. The maximum absolute atomic E-state index is 13.2. The van der Waals surface area contributed by atoms with Crippen LogP contribution in [0.5, 0.6) is 0 Å². The second-order valence-corrected chi connectivity index (χ2v) is 9.05. The number of rotatable bonds is 2. The third kappa shape index (κ3) is 2.47. The lowest BCUT2D eigenvalue weighted by atomic mass is 9.98. The van der Waals surface area contributed by atoms with E-state index in [1.807, 2.05) is 0 Å². The summed E-state index contributed by atoms with van der Waals surface area (Å²) >= 11 is 0.982. The molecule has 1 aromatic heterocycles. The zero-order valence-corrected chi connectivity index (χ0v) is 14.5. The number of sulfonamides is 1. The minimum absolute atomic E-state index is 0.136. The van der Waals surface area contributed by atoms with E-state index in [2.05, 4.69) is 10.3 Å². The number of aromatic nitrogens is 1. The molecule has 2 N–H and O–H groups in total. The lowest BCUT2D eigenvalue weighted by Crippen LogP contribution is -2.53. The van der Waals surface area contributed by atoms with Crippen molar-refractivity contribution in [2.45, 2.75) is 42.7 Å². The molecule has 2 bridgehead atoms. The number of H-pyrrole nitrogens is 1. The van der Waals surface area contributed by atoms with Crippen LogP contribution < -0.4 is 10.2 Å². The molecule has 0 saturated carbocycles. The highest BCUT2D eigenvalue weighted by Crippen LogP contribution is 2.33. The minimum Gasteiger partial charge on any atom is -0.355 e. The quantitative estimate of drug-likeness (QED) is 0.828. The van der Waals surface area contributed by atoms with Crippen molar-refractivity contribution in [2.24, 2.45) is 0 Å². The van der Waals surface area contributed by atoms with Crippen LogP contribution in [0.25, 0.3) is 10.2 Å². The van der Waals surface area contributed by atoms with Gasteiger partial charge in [0.1, 0.15) is 6.04 Å². The van der Waals surface area contributed by atoms with Crippen LogP contribution in [-0.2, 0) is 14.8 Å². The molecule has 128 valence electrons. The summed E-state index contributed by atoms with van der Waals surface area (Å²) < 4.78 is 28.4. The van der Waals surface area contributed by atoms with Gasteiger partial charge in [0.15, 0.2) is 0 Å². The molecule has 9 heteroatoms. The predicted octanol–water partition coefficient (Wildman–Crippen LogP) is 1.02. The van der Waals surface area contributed by atoms with Crippen molar-refractivity contribution >= 4 is 37.5 Å². The first-order valence-electron chi connectivity index (χ1n) is 7.91. The Hall–Kier alpha value is -1.71. The molecule has 4 rings (SSSR count). The number of carbonyl (C=O) groups is 1. The maximum Gasteiger partial charge on any atom is 0.305 e. The van der Waals surface area contributed by atoms with E-state index in [0.717, 1.165) is 24.2 Å². The Bertz CT molecular complexity index is 962. The first-order valence-corrected chi connectivity index (χ1v) is 10.2. The summed E-state index contributed by atoms with van der Waals surface area (Å²) in [6, 6.07) is 3.82. The van der Waals surface area contributed by atoms with E-state index in [1.54, 1.807) is 6.07 Å². The summed E-state index contributed by atoms with van der Waals surface area (Å²) in [6.07, 6.45) is 2.79. The van der Waals surface area contributed by atoms with Gasteiger partial charge in [-0.05, 0) is 43.9 Å². The van der Waals surface area contributed by atoms with Crippen LogP contribution in [0.15, 0.2) is 27.9 Å². The van der Waals surface area contributed by atoms with E-state index in [0.29, 0.717) is 29.6 Å². The summed E-state index contributed by atoms with van der Waals surface area (Å²) in [4.78, 5) is 26.3. The molecule has 2 saturated heterocycles. The zero-order chi connectivity index (χ0) is 16.9. The van der Waals surface area contributed by atoms with Gasteiger partial charge in [-0.2, -0.15) is 4.31 Å². The van der Waals surface area contributed by atoms with Gasteiger partial charge in [0, 0.05) is 12.6 Å². The fourth-order valence-electron chi connectivity index (χ4n) is 3.63. The highest BCUT2D eigenvalue weighted by atomic mass is 32.2. The first kappa shape index (κ1) is 15.8. The second-order valence-electron chi connectivity index (χ2n) is 6.19. The predicted molar refractivity (Wildman–Crippen MR) is 90.5 cm³/mol. The number of benzene rings is 1. The number of nitrogens with one attached hydrogen (secondary N) is 2. The van der Waals surface area contributed by atoms with Crippen LogP contribution in [0.2, 0.25) is 0 Å². The number of fused-ring (bicyclic) bond motifs is 3. The van der Waals surface area contributed by atoms with Crippen LogP contribution in [0, 0.1) is 0 Å². The van der Waals surface area contributed by atoms with Gasteiger partial charge in [-0.15, -0.1) is 0 Å². The van der Waals surface area contributed by atoms with Gasteiger partial charge < -0.3 is 10.3 Å². The molecule has 2 unspecified atom stereocenters. The number of amides is 1. The van der Waals surface area contributed by atoms with Crippen molar-refractivity contribution in [3.63, 3.8) is 0 Å². The van der Waals surface area contributed by atoms with Gasteiger partial charge in [-0.1, -0.05) is 11.3 Å². The number of hydrogen-bond acceptors (Lipinski definition) is 5. The molecular weight excluding hydrogens is 350 g/mol. The Morgan fingerprint density at radius 1 is 1.17 bits per heavy atom. The fourth-order valence-corrected chi connectivity index (χ4v) is 6.37. The van der Waals surface area contributed by atoms with Gasteiger partial charge in [0.25, 0.3) is 0 Å².